The lowest BCUT2D eigenvalue weighted by Gasteiger charge is -2.27. The molecule has 2 aliphatic rings. The molecule has 3 rings (SSSR count). The Kier molecular flexibility index (Phi) is 12.1. The number of nitrogens with zero attached hydrogens (tertiary/aromatic N) is 1. The highest BCUT2D eigenvalue weighted by atomic mass is 32.2. The molecule has 2 fully saturated rings. The third-order valence-corrected chi connectivity index (χ3v) is 7.36. The highest BCUT2D eigenvalue weighted by Gasteiger charge is 2.23. The van der Waals surface area contributed by atoms with Crippen molar-refractivity contribution in [2.75, 3.05) is 0 Å². The Balaban J connectivity index is 0.000000242. The Hall–Kier alpha value is -1.64. The lowest BCUT2D eigenvalue weighted by Crippen LogP contribution is -2.95. The summed E-state index contributed by atoms with van der Waals surface area (Å²) < 4.78 is 4.89. The fraction of sp³-hybridized carbons (Fsp3) is 0.708. The first-order chi connectivity index (χ1) is 15.4. The smallest absolute Gasteiger partial charge is 0.300 e. The molecule has 0 amide bonds. The van der Waals surface area contributed by atoms with Crippen molar-refractivity contribution in [3.8, 4) is 0 Å². The largest absolute Gasteiger partial charge is 0.665 e. The van der Waals surface area contributed by atoms with Gasteiger partial charge in [-0.1, -0.05) is 51.2 Å². The molecule has 0 radical (unpaired) electrons. The topological polar surface area (TPSA) is 110 Å². The second-order valence-corrected chi connectivity index (χ2v) is 9.84. The Morgan fingerprint density at radius 3 is 2.16 bits per heavy atom. The zero-order valence-corrected chi connectivity index (χ0v) is 20.3. The summed E-state index contributed by atoms with van der Waals surface area (Å²) in [4.78, 5) is 22.1. The van der Waals surface area contributed by atoms with Crippen LogP contribution in [0.3, 0.4) is 0 Å². The zero-order valence-electron chi connectivity index (χ0n) is 19.5. The van der Waals surface area contributed by atoms with E-state index in [0.717, 1.165) is 12.1 Å². The molecule has 0 aromatic heterocycles. The van der Waals surface area contributed by atoms with Crippen molar-refractivity contribution in [3.05, 3.63) is 40.1 Å². The normalized spacial score (nSPS) is 19.3. The van der Waals surface area contributed by atoms with Crippen LogP contribution in [0.2, 0.25) is 0 Å². The molecule has 2 saturated carbocycles. The maximum Gasteiger partial charge on any atom is 0.300 e. The van der Waals surface area contributed by atoms with E-state index in [2.05, 4.69) is 5.32 Å². The molecule has 0 unspecified atom stereocenters. The van der Waals surface area contributed by atoms with Crippen molar-refractivity contribution >= 4 is 23.7 Å². The molecule has 0 bridgehead atoms. The SMILES string of the molecule is C1CCC([NH2+]C2CCCCC2)CC1.CC[C@H](C)[C@H]([NH-])C(=O)OSc1ccccc1[N+](=O)[O-]. The highest BCUT2D eigenvalue weighted by molar-refractivity contribution is 7.95. The van der Waals surface area contributed by atoms with Gasteiger partial charge in [0, 0.05) is 6.07 Å². The van der Waals surface area contributed by atoms with Gasteiger partial charge >= 0.3 is 5.97 Å². The molecule has 7 nitrogen and oxygen atoms in total. The number of benzene rings is 1. The molecule has 1 aromatic carbocycles. The van der Waals surface area contributed by atoms with E-state index < -0.39 is 16.9 Å². The number of rotatable bonds is 8. The van der Waals surface area contributed by atoms with Gasteiger partial charge in [0.1, 0.15) is 16.9 Å². The number of nitrogens with one attached hydrogen (secondary N) is 1. The lowest BCUT2D eigenvalue weighted by atomic mass is 9.91. The molecule has 0 heterocycles. The van der Waals surface area contributed by atoms with Crippen LogP contribution >= 0.6 is 12.0 Å². The van der Waals surface area contributed by atoms with E-state index in [1.54, 1.807) is 13.0 Å². The first kappa shape index (κ1) is 26.6. The molecule has 3 N–H and O–H groups in total. The van der Waals surface area contributed by atoms with Crippen LogP contribution in [0.1, 0.15) is 84.5 Å². The first-order valence-corrected chi connectivity index (χ1v) is 12.8. The van der Waals surface area contributed by atoms with E-state index >= 15 is 0 Å². The molecule has 0 saturated heterocycles. The third-order valence-electron chi connectivity index (χ3n) is 6.59. The average molecular weight is 466 g/mol. The number of nitro groups is 1. The summed E-state index contributed by atoms with van der Waals surface area (Å²) in [5.74, 6) is -0.795. The summed E-state index contributed by atoms with van der Waals surface area (Å²) in [5.41, 5.74) is 7.55. The monoisotopic (exact) mass is 465 g/mol. The minimum absolute atomic E-state index is 0.112. The van der Waals surface area contributed by atoms with Crippen LogP contribution in [-0.2, 0) is 8.98 Å². The predicted octanol–water partition coefficient (Wildman–Crippen LogP) is 5.83. The van der Waals surface area contributed by atoms with Gasteiger partial charge in [0.2, 0.25) is 0 Å². The van der Waals surface area contributed by atoms with Gasteiger partial charge < -0.3 is 15.2 Å². The maximum atomic E-state index is 11.6. The van der Waals surface area contributed by atoms with E-state index in [0.29, 0.717) is 18.5 Å². The van der Waals surface area contributed by atoms with Crippen molar-refractivity contribution in [1.82, 2.24) is 0 Å². The number of nitro benzene ring substituents is 1. The van der Waals surface area contributed by atoms with Crippen LogP contribution in [0.15, 0.2) is 29.2 Å². The number of carbonyl (C=O) groups excluding carboxylic acids is 1. The Morgan fingerprint density at radius 2 is 1.66 bits per heavy atom. The molecule has 0 aliphatic heterocycles. The van der Waals surface area contributed by atoms with Crippen molar-refractivity contribution in [2.24, 2.45) is 5.92 Å². The average Bonchev–Trinajstić information content (AvgIpc) is 2.83. The summed E-state index contributed by atoms with van der Waals surface area (Å²) in [6, 6.07) is 7.02. The van der Waals surface area contributed by atoms with Gasteiger partial charge in [0.05, 0.1) is 17.0 Å². The second-order valence-electron chi connectivity index (χ2n) is 9.06. The molecule has 1 aromatic rings. The van der Waals surface area contributed by atoms with Crippen molar-refractivity contribution in [3.63, 3.8) is 0 Å². The molecular weight excluding hydrogens is 426 g/mol. The minimum atomic E-state index is -0.972. The third kappa shape index (κ3) is 9.08. The molecular formula is C24H39N3O4S. The minimum Gasteiger partial charge on any atom is -0.665 e. The highest BCUT2D eigenvalue weighted by Crippen LogP contribution is 2.30. The summed E-state index contributed by atoms with van der Waals surface area (Å²) in [7, 11) is 0. The Labute approximate surface area is 196 Å². The van der Waals surface area contributed by atoms with Crippen molar-refractivity contribution in [2.45, 2.75) is 107 Å². The first-order valence-electron chi connectivity index (χ1n) is 12.1. The number of hydrogen-bond donors (Lipinski definition) is 1. The van der Waals surface area contributed by atoms with Crippen LogP contribution in [0.25, 0.3) is 5.73 Å². The summed E-state index contributed by atoms with van der Waals surface area (Å²) >= 11 is 0.628. The molecule has 180 valence electrons. The van der Waals surface area contributed by atoms with Crippen molar-refractivity contribution < 1.29 is 19.2 Å². The summed E-state index contributed by atoms with van der Waals surface area (Å²) in [6.07, 6.45) is 15.6. The van der Waals surface area contributed by atoms with Gasteiger partial charge in [-0.25, -0.2) is 0 Å². The van der Waals surface area contributed by atoms with Crippen molar-refractivity contribution in [1.29, 1.82) is 0 Å². The van der Waals surface area contributed by atoms with Crippen LogP contribution in [-0.4, -0.2) is 29.0 Å². The van der Waals surface area contributed by atoms with E-state index in [1.807, 2.05) is 6.92 Å². The number of hydrogen-bond acceptors (Lipinski definition) is 5. The summed E-state index contributed by atoms with van der Waals surface area (Å²) in [5, 5.41) is 13.5. The predicted molar refractivity (Wildman–Crippen MR) is 128 cm³/mol. The standard InChI is InChI=1S/C12H15N2O4S.C12H23N/c1-3-8(2)11(13)12(15)18-19-10-7-5-4-6-9(10)14(16)17;1-3-7-11(8-4-1)13-12-9-5-2-6-10-12/h4-8,11,13H,3H2,1-2H3;11-13H,1-10H2/q-1;/p+1/t8-,11-;/m0./s1. The van der Waals surface area contributed by atoms with E-state index in [4.69, 9.17) is 9.92 Å². The Bertz CT molecular complexity index is 690. The fourth-order valence-electron chi connectivity index (χ4n) is 4.32. The number of nitrogens with two attached hydrogens (primary N) is 1. The molecule has 0 spiro atoms. The van der Waals surface area contributed by atoms with E-state index in [1.165, 1.54) is 82.4 Å². The van der Waals surface area contributed by atoms with Crippen LogP contribution in [0.5, 0.6) is 0 Å². The van der Waals surface area contributed by atoms with Crippen LogP contribution < -0.4 is 5.32 Å². The van der Waals surface area contributed by atoms with Gasteiger partial charge in [-0.15, -0.1) is 0 Å². The van der Waals surface area contributed by atoms with Crippen LogP contribution in [0, 0.1) is 16.0 Å². The molecule has 2 atom stereocenters. The van der Waals surface area contributed by atoms with Gasteiger partial charge in [-0.05, 0) is 63.5 Å². The zero-order chi connectivity index (χ0) is 23.3. The molecule has 32 heavy (non-hydrogen) atoms. The summed E-state index contributed by atoms with van der Waals surface area (Å²) in [6.45, 7) is 3.67. The van der Waals surface area contributed by atoms with Gasteiger partial charge in [-0.2, -0.15) is 0 Å². The van der Waals surface area contributed by atoms with Crippen LogP contribution in [0.4, 0.5) is 5.69 Å². The fourth-order valence-corrected chi connectivity index (χ4v) is 4.96. The number of carbonyl (C=O) groups is 1. The van der Waals surface area contributed by atoms with E-state index in [9.17, 15) is 14.9 Å². The Morgan fingerprint density at radius 1 is 1.12 bits per heavy atom. The van der Waals surface area contributed by atoms with Gasteiger partial charge in [-0.3, -0.25) is 14.9 Å². The van der Waals surface area contributed by atoms with Gasteiger partial charge in [0.15, 0.2) is 0 Å². The quantitative estimate of drug-likeness (QED) is 0.295. The molecule has 8 heteroatoms. The second kappa shape index (κ2) is 14.5. The maximum absolute atomic E-state index is 11.6. The number of para-hydroxylation sites is 1. The van der Waals surface area contributed by atoms with Gasteiger partial charge in [0.25, 0.3) is 5.69 Å². The van der Waals surface area contributed by atoms with E-state index in [-0.39, 0.29) is 16.5 Å². The molecule has 2 aliphatic carbocycles. The lowest BCUT2D eigenvalue weighted by molar-refractivity contribution is -0.725. The number of quaternary nitrogens is 1.